The van der Waals surface area contributed by atoms with Gasteiger partial charge in [0.15, 0.2) is 5.66 Å². The predicted octanol–water partition coefficient (Wildman–Crippen LogP) is -5.42. The fraction of sp³-hybridized carbons (Fsp3) is 0.556. The number of ether oxygens (including phenoxy) is 1. The standard InChI is InChI=1S/C9H21N9O/c10-5(11)3-1-2-4-6(5,12)7(13,14)8(15,16)9(17,18)19-4/h1-3H,10-18H2. The van der Waals surface area contributed by atoms with Crippen LogP contribution in [0.3, 0.4) is 0 Å². The lowest BCUT2D eigenvalue weighted by Gasteiger charge is -2.64. The van der Waals surface area contributed by atoms with Gasteiger partial charge < -0.3 is 44.9 Å². The molecule has 1 aliphatic carbocycles. The summed E-state index contributed by atoms with van der Waals surface area (Å²) in [4.78, 5) is 0. The summed E-state index contributed by atoms with van der Waals surface area (Å²) in [5.74, 6) is -2.03. The van der Waals surface area contributed by atoms with Gasteiger partial charge in [-0.05, 0) is 12.2 Å². The number of hydrogen-bond donors (Lipinski definition) is 9. The summed E-state index contributed by atoms with van der Waals surface area (Å²) in [6, 6.07) is 0. The van der Waals surface area contributed by atoms with Crippen LogP contribution < -0.4 is 51.6 Å². The van der Waals surface area contributed by atoms with Crippen LogP contribution >= 0.6 is 0 Å². The van der Waals surface area contributed by atoms with Crippen LogP contribution in [0.5, 0.6) is 0 Å². The number of fused-ring (bicyclic) bond motifs is 1. The molecule has 2 aliphatic rings. The van der Waals surface area contributed by atoms with Gasteiger partial charge in [0.25, 0.3) is 0 Å². The molecule has 0 aromatic rings. The lowest BCUT2D eigenvalue weighted by atomic mass is 9.63. The number of rotatable bonds is 0. The van der Waals surface area contributed by atoms with Gasteiger partial charge in [-0.1, -0.05) is 6.08 Å². The van der Waals surface area contributed by atoms with E-state index in [1.807, 2.05) is 0 Å². The fourth-order valence-corrected chi connectivity index (χ4v) is 2.36. The Hall–Kier alpha value is -1.08. The maximum atomic E-state index is 6.20. The average Bonchev–Trinajstić information content (AvgIpc) is 2.22. The highest BCUT2D eigenvalue weighted by Crippen LogP contribution is 2.43. The van der Waals surface area contributed by atoms with Crippen molar-refractivity contribution in [3.8, 4) is 0 Å². The Labute approximate surface area is 109 Å². The summed E-state index contributed by atoms with van der Waals surface area (Å²) >= 11 is 0. The molecule has 1 saturated heterocycles. The summed E-state index contributed by atoms with van der Waals surface area (Å²) < 4.78 is 5.34. The number of allylic oxidation sites excluding steroid dienone is 2. The molecular formula is C9H21N9O. The van der Waals surface area contributed by atoms with E-state index < -0.39 is 28.4 Å². The normalized spacial score (nSPS) is 37.0. The lowest BCUT2D eigenvalue weighted by molar-refractivity contribution is -0.160. The molecule has 1 heterocycles. The lowest BCUT2D eigenvalue weighted by Crippen LogP contribution is -3.02. The van der Waals surface area contributed by atoms with E-state index in [-0.39, 0.29) is 5.76 Å². The molecular weight excluding hydrogens is 250 g/mol. The van der Waals surface area contributed by atoms with Crippen LogP contribution in [0.25, 0.3) is 0 Å². The first-order valence-electron chi connectivity index (χ1n) is 5.50. The molecule has 1 unspecified atom stereocenters. The van der Waals surface area contributed by atoms with E-state index >= 15 is 0 Å². The Kier molecular flexibility index (Phi) is 2.51. The molecule has 1 atom stereocenters. The fourth-order valence-electron chi connectivity index (χ4n) is 2.36. The molecule has 10 nitrogen and oxygen atoms in total. The van der Waals surface area contributed by atoms with Crippen molar-refractivity contribution in [3.05, 3.63) is 24.0 Å². The van der Waals surface area contributed by atoms with Gasteiger partial charge >= 0.3 is 0 Å². The molecule has 108 valence electrons. The molecule has 19 heavy (non-hydrogen) atoms. The van der Waals surface area contributed by atoms with Gasteiger partial charge in [0.2, 0.25) is 5.85 Å². The minimum Gasteiger partial charge on any atom is -0.459 e. The van der Waals surface area contributed by atoms with Crippen molar-refractivity contribution in [2.75, 3.05) is 0 Å². The molecule has 0 radical (unpaired) electrons. The zero-order chi connectivity index (χ0) is 14.9. The van der Waals surface area contributed by atoms with Crippen LogP contribution in [-0.2, 0) is 4.74 Å². The molecule has 1 aliphatic heterocycles. The number of nitrogens with two attached hydrogens (primary N) is 9. The summed E-state index contributed by atoms with van der Waals surface area (Å²) in [7, 11) is 0. The topological polar surface area (TPSA) is 243 Å². The van der Waals surface area contributed by atoms with Crippen molar-refractivity contribution in [2.24, 2.45) is 51.6 Å². The van der Waals surface area contributed by atoms with Crippen molar-refractivity contribution >= 4 is 0 Å². The molecule has 2 rings (SSSR count). The Morgan fingerprint density at radius 3 is 1.84 bits per heavy atom. The second-order valence-electron chi connectivity index (χ2n) is 5.26. The highest BCUT2D eigenvalue weighted by molar-refractivity contribution is 5.45. The molecule has 18 N–H and O–H groups in total. The Balaban J connectivity index is 2.73. The van der Waals surface area contributed by atoms with Crippen LogP contribution in [0.15, 0.2) is 24.0 Å². The summed E-state index contributed by atoms with van der Waals surface area (Å²) in [6.45, 7) is 0. The zero-order valence-electron chi connectivity index (χ0n) is 10.3. The van der Waals surface area contributed by atoms with Crippen molar-refractivity contribution in [1.29, 1.82) is 0 Å². The average molecular weight is 271 g/mol. The first-order valence-corrected chi connectivity index (χ1v) is 5.50. The van der Waals surface area contributed by atoms with Crippen molar-refractivity contribution in [3.63, 3.8) is 0 Å². The SMILES string of the molecule is NC1(N)C=CC=C2OC(N)(N)C(N)(N)C(N)(N)C21N. The smallest absolute Gasteiger partial charge is 0.247 e. The maximum Gasteiger partial charge on any atom is 0.247 e. The van der Waals surface area contributed by atoms with Crippen molar-refractivity contribution < 1.29 is 4.74 Å². The second-order valence-corrected chi connectivity index (χ2v) is 5.26. The van der Waals surface area contributed by atoms with Crippen molar-refractivity contribution in [2.45, 2.75) is 28.4 Å². The van der Waals surface area contributed by atoms with Crippen LogP contribution in [0.4, 0.5) is 0 Å². The Bertz CT molecular complexity index is 478. The van der Waals surface area contributed by atoms with Gasteiger partial charge in [-0.25, -0.2) is 0 Å². The third kappa shape index (κ3) is 1.34. The molecule has 0 amide bonds. The molecule has 1 fully saturated rings. The Morgan fingerprint density at radius 1 is 0.789 bits per heavy atom. The molecule has 0 saturated carbocycles. The van der Waals surface area contributed by atoms with E-state index in [4.69, 9.17) is 56.3 Å². The van der Waals surface area contributed by atoms with Crippen LogP contribution in [0, 0.1) is 0 Å². The second kappa shape index (κ2) is 3.32. The zero-order valence-corrected chi connectivity index (χ0v) is 10.3. The van der Waals surface area contributed by atoms with E-state index in [0.717, 1.165) is 0 Å². The van der Waals surface area contributed by atoms with Crippen LogP contribution in [0.2, 0.25) is 0 Å². The third-order valence-corrected chi connectivity index (χ3v) is 3.95. The van der Waals surface area contributed by atoms with Gasteiger partial charge in [-0.2, -0.15) is 0 Å². The summed E-state index contributed by atoms with van der Waals surface area (Å²) in [6.07, 6.45) is 4.38. The highest BCUT2D eigenvalue weighted by Gasteiger charge is 2.73. The summed E-state index contributed by atoms with van der Waals surface area (Å²) in [5, 5.41) is 0. The van der Waals surface area contributed by atoms with Crippen molar-refractivity contribution in [1.82, 2.24) is 0 Å². The molecule has 0 aromatic heterocycles. The van der Waals surface area contributed by atoms with Gasteiger partial charge in [0, 0.05) is 0 Å². The van der Waals surface area contributed by atoms with Crippen LogP contribution in [0.1, 0.15) is 0 Å². The Morgan fingerprint density at radius 2 is 1.32 bits per heavy atom. The minimum absolute atomic E-state index is 0.0153. The monoisotopic (exact) mass is 271 g/mol. The van der Waals surface area contributed by atoms with E-state index in [9.17, 15) is 0 Å². The minimum atomic E-state index is -2.10. The first-order chi connectivity index (χ1) is 8.31. The van der Waals surface area contributed by atoms with E-state index in [1.54, 1.807) is 0 Å². The van der Waals surface area contributed by atoms with E-state index in [0.29, 0.717) is 0 Å². The van der Waals surface area contributed by atoms with Crippen LogP contribution in [-0.4, -0.2) is 28.4 Å². The van der Waals surface area contributed by atoms with Gasteiger partial charge in [-0.3, -0.25) is 11.5 Å². The van der Waals surface area contributed by atoms with E-state index in [1.165, 1.54) is 18.2 Å². The first kappa shape index (κ1) is 14.3. The molecule has 0 spiro atoms. The highest BCUT2D eigenvalue weighted by atomic mass is 16.5. The van der Waals surface area contributed by atoms with Gasteiger partial charge in [0.05, 0.1) is 0 Å². The molecule has 0 aromatic carbocycles. The number of hydrogen-bond acceptors (Lipinski definition) is 10. The van der Waals surface area contributed by atoms with E-state index in [2.05, 4.69) is 0 Å². The van der Waals surface area contributed by atoms with Gasteiger partial charge in [-0.15, -0.1) is 0 Å². The largest absolute Gasteiger partial charge is 0.459 e. The molecule has 0 bridgehead atoms. The quantitative estimate of drug-likeness (QED) is 0.189. The summed E-state index contributed by atoms with van der Waals surface area (Å²) in [5.41, 5.74) is 45.7. The van der Waals surface area contributed by atoms with Gasteiger partial charge in [0.1, 0.15) is 22.6 Å². The maximum absolute atomic E-state index is 6.20. The third-order valence-electron chi connectivity index (χ3n) is 3.95. The predicted molar refractivity (Wildman–Crippen MR) is 69.6 cm³/mol. The molecule has 10 heteroatoms.